The molecule has 0 aliphatic heterocycles. The zero-order valence-electron chi connectivity index (χ0n) is 7.66. The van der Waals surface area contributed by atoms with Gasteiger partial charge < -0.3 is 9.84 Å². The highest BCUT2D eigenvalue weighted by molar-refractivity contribution is 5.74. The first kappa shape index (κ1) is 10.0. The van der Waals surface area contributed by atoms with Gasteiger partial charge in [0.2, 0.25) is 0 Å². The van der Waals surface area contributed by atoms with E-state index in [1.807, 2.05) is 0 Å². The van der Waals surface area contributed by atoms with Crippen molar-refractivity contribution >= 4 is 11.9 Å². The van der Waals surface area contributed by atoms with Crippen LogP contribution in [-0.4, -0.2) is 24.2 Å². The number of carboxylic acid groups (broad SMARTS) is 1. The van der Waals surface area contributed by atoms with E-state index in [0.717, 1.165) is 12.8 Å². The second kappa shape index (κ2) is 4.25. The van der Waals surface area contributed by atoms with Gasteiger partial charge in [-0.3, -0.25) is 9.59 Å². The molecule has 0 bridgehead atoms. The number of hydrogen-bond acceptors (Lipinski definition) is 3. The third-order valence-corrected chi connectivity index (χ3v) is 2.63. The molecule has 0 aromatic carbocycles. The van der Waals surface area contributed by atoms with Gasteiger partial charge in [-0.25, -0.2) is 0 Å². The van der Waals surface area contributed by atoms with Crippen LogP contribution in [0.4, 0.5) is 0 Å². The zero-order chi connectivity index (χ0) is 9.84. The lowest BCUT2D eigenvalue weighted by Crippen LogP contribution is -2.21. The van der Waals surface area contributed by atoms with Crippen LogP contribution in [0.25, 0.3) is 0 Å². The molecule has 4 nitrogen and oxygen atoms in total. The van der Waals surface area contributed by atoms with Crippen LogP contribution in [0, 0.1) is 11.8 Å². The van der Waals surface area contributed by atoms with Gasteiger partial charge in [0.15, 0.2) is 0 Å². The average molecular weight is 186 g/mol. The van der Waals surface area contributed by atoms with E-state index in [1.165, 1.54) is 7.11 Å². The second-order valence-corrected chi connectivity index (χ2v) is 3.42. The van der Waals surface area contributed by atoms with Crippen LogP contribution in [0.2, 0.25) is 0 Å². The van der Waals surface area contributed by atoms with Crippen LogP contribution in [0.1, 0.15) is 25.7 Å². The van der Waals surface area contributed by atoms with Gasteiger partial charge >= 0.3 is 11.9 Å². The number of esters is 1. The van der Waals surface area contributed by atoms with Gasteiger partial charge in [0.05, 0.1) is 13.0 Å². The predicted octanol–water partition coefficient (Wildman–Crippen LogP) is 1.05. The highest BCUT2D eigenvalue weighted by Gasteiger charge is 2.34. The first-order chi connectivity index (χ1) is 6.15. The van der Waals surface area contributed by atoms with Crippen molar-refractivity contribution in [3.8, 4) is 0 Å². The maximum atomic E-state index is 10.9. The minimum Gasteiger partial charge on any atom is -0.481 e. The molecule has 1 aliphatic rings. The third kappa shape index (κ3) is 2.44. The topological polar surface area (TPSA) is 63.6 Å². The smallest absolute Gasteiger partial charge is 0.306 e. The predicted molar refractivity (Wildman–Crippen MR) is 45.1 cm³/mol. The molecule has 1 saturated carbocycles. The fraction of sp³-hybridized carbons (Fsp3) is 0.778. The number of hydrogen-bond donors (Lipinski definition) is 1. The number of ether oxygens (including phenoxy) is 1. The van der Waals surface area contributed by atoms with Crippen molar-refractivity contribution in [2.45, 2.75) is 25.7 Å². The SMILES string of the molecule is COC(=O)CC1CCCC1C(=O)O. The van der Waals surface area contributed by atoms with E-state index in [-0.39, 0.29) is 24.2 Å². The molecule has 1 rings (SSSR count). The van der Waals surface area contributed by atoms with Crippen LogP contribution >= 0.6 is 0 Å². The molecule has 4 heteroatoms. The Morgan fingerprint density at radius 2 is 2.15 bits per heavy atom. The van der Waals surface area contributed by atoms with Crippen molar-refractivity contribution in [3.63, 3.8) is 0 Å². The number of carbonyl (C=O) groups excluding carboxylic acids is 1. The highest BCUT2D eigenvalue weighted by Crippen LogP contribution is 2.34. The molecule has 1 aliphatic carbocycles. The van der Waals surface area contributed by atoms with Gasteiger partial charge in [0, 0.05) is 6.42 Å². The molecule has 0 aromatic heterocycles. The standard InChI is InChI=1S/C9H14O4/c1-13-8(10)5-6-3-2-4-7(6)9(11)12/h6-7H,2-5H2,1H3,(H,11,12). The minimum atomic E-state index is -0.786. The van der Waals surface area contributed by atoms with E-state index in [2.05, 4.69) is 4.74 Å². The molecule has 0 amide bonds. The first-order valence-corrected chi connectivity index (χ1v) is 4.44. The normalized spacial score (nSPS) is 27.2. The highest BCUT2D eigenvalue weighted by atomic mass is 16.5. The van der Waals surface area contributed by atoms with Gasteiger partial charge in [-0.1, -0.05) is 6.42 Å². The van der Waals surface area contributed by atoms with E-state index in [1.54, 1.807) is 0 Å². The summed E-state index contributed by atoms with van der Waals surface area (Å²) in [5.74, 6) is -1.46. The summed E-state index contributed by atoms with van der Waals surface area (Å²) in [5, 5.41) is 8.82. The molecule has 1 N–H and O–H groups in total. The van der Waals surface area contributed by atoms with Crippen molar-refractivity contribution in [1.82, 2.24) is 0 Å². The van der Waals surface area contributed by atoms with E-state index < -0.39 is 5.97 Å². The molecule has 2 unspecified atom stereocenters. The first-order valence-electron chi connectivity index (χ1n) is 4.44. The Morgan fingerprint density at radius 3 is 2.69 bits per heavy atom. The van der Waals surface area contributed by atoms with E-state index in [9.17, 15) is 9.59 Å². The summed E-state index contributed by atoms with van der Waals surface area (Å²) in [4.78, 5) is 21.7. The molecule has 0 radical (unpaired) electrons. The third-order valence-electron chi connectivity index (χ3n) is 2.63. The van der Waals surface area contributed by atoms with Crippen molar-refractivity contribution < 1.29 is 19.4 Å². The summed E-state index contributed by atoms with van der Waals surface area (Å²) in [5.41, 5.74) is 0. The summed E-state index contributed by atoms with van der Waals surface area (Å²) in [7, 11) is 1.33. The molecule has 74 valence electrons. The second-order valence-electron chi connectivity index (χ2n) is 3.42. The maximum Gasteiger partial charge on any atom is 0.306 e. The Morgan fingerprint density at radius 1 is 1.46 bits per heavy atom. The van der Waals surface area contributed by atoms with E-state index in [0.29, 0.717) is 6.42 Å². The molecule has 2 atom stereocenters. The molecule has 13 heavy (non-hydrogen) atoms. The Kier molecular flexibility index (Phi) is 3.28. The summed E-state index contributed by atoms with van der Waals surface area (Å²) in [6.45, 7) is 0. The molecule has 1 fully saturated rings. The molecular formula is C9H14O4. The summed E-state index contributed by atoms with van der Waals surface area (Å²) in [6.07, 6.45) is 2.66. The lowest BCUT2D eigenvalue weighted by Gasteiger charge is -2.13. The van der Waals surface area contributed by atoms with E-state index in [4.69, 9.17) is 5.11 Å². The Balaban J connectivity index is 2.48. The summed E-state index contributed by atoms with van der Waals surface area (Å²) in [6, 6.07) is 0. The molecule has 0 saturated heterocycles. The molecular weight excluding hydrogens is 172 g/mol. The summed E-state index contributed by atoms with van der Waals surface area (Å²) >= 11 is 0. The number of methoxy groups -OCH3 is 1. The fourth-order valence-electron chi connectivity index (χ4n) is 1.90. The lowest BCUT2D eigenvalue weighted by molar-refractivity contribution is -0.145. The lowest BCUT2D eigenvalue weighted by atomic mass is 9.93. The van der Waals surface area contributed by atoms with Gasteiger partial charge in [0.1, 0.15) is 0 Å². The molecule has 0 heterocycles. The quantitative estimate of drug-likeness (QED) is 0.669. The minimum absolute atomic E-state index is 0.0232. The Hall–Kier alpha value is -1.06. The van der Waals surface area contributed by atoms with Crippen molar-refractivity contribution in [2.24, 2.45) is 11.8 Å². The molecule has 0 spiro atoms. The fourth-order valence-corrected chi connectivity index (χ4v) is 1.90. The van der Waals surface area contributed by atoms with Crippen LogP contribution < -0.4 is 0 Å². The van der Waals surface area contributed by atoms with Crippen LogP contribution in [-0.2, 0) is 14.3 Å². The van der Waals surface area contributed by atoms with Gasteiger partial charge in [0.25, 0.3) is 0 Å². The van der Waals surface area contributed by atoms with Gasteiger partial charge in [-0.05, 0) is 18.8 Å². The Labute approximate surface area is 76.9 Å². The van der Waals surface area contributed by atoms with Crippen LogP contribution in [0.5, 0.6) is 0 Å². The monoisotopic (exact) mass is 186 g/mol. The average Bonchev–Trinajstić information content (AvgIpc) is 2.52. The largest absolute Gasteiger partial charge is 0.481 e. The number of aliphatic carboxylic acids is 1. The number of rotatable bonds is 3. The van der Waals surface area contributed by atoms with Gasteiger partial charge in [-0.15, -0.1) is 0 Å². The van der Waals surface area contributed by atoms with Crippen LogP contribution in [0.15, 0.2) is 0 Å². The van der Waals surface area contributed by atoms with Gasteiger partial charge in [-0.2, -0.15) is 0 Å². The zero-order valence-corrected chi connectivity index (χ0v) is 7.66. The van der Waals surface area contributed by atoms with E-state index >= 15 is 0 Å². The number of carboxylic acids is 1. The Bertz CT molecular complexity index is 212. The van der Waals surface area contributed by atoms with Crippen molar-refractivity contribution in [1.29, 1.82) is 0 Å². The molecule has 0 aromatic rings. The van der Waals surface area contributed by atoms with Crippen LogP contribution in [0.3, 0.4) is 0 Å². The summed E-state index contributed by atoms with van der Waals surface area (Å²) < 4.78 is 4.51. The van der Waals surface area contributed by atoms with Crippen molar-refractivity contribution in [2.75, 3.05) is 7.11 Å². The maximum absolute atomic E-state index is 10.9. The van der Waals surface area contributed by atoms with Crippen molar-refractivity contribution in [3.05, 3.63) is 0 Å². The number of carbonyl (C=O) groups is 2.